The van der Waals surface area contributed by atoms with Gasteiger partial charge in [0.05, 0.1) is 12.6 Å². The first-order valence-electron chi connectivity index (χ1n) is 7.10. The number of aromatic nitrogens is 2. The van der Waals surface area contributed by atoms with Gasteiger partial charge in [0.15, 0.2) is 0 Å². The Labute approximate surface area is 113 Å². The summed E-state index contributed by atoms with van der Waals surface area (Å²) in [6.45, 7) is 6.87. The Bertz CT molecular complexity index is 434. The molecule has 0 bridgehead atoms. The highest BCUT2D eigenvalue weighted by Crippen LogP contribution is 2.29. The van der Waals surface area contributed by atoms with Gasteiger partial charge in [-0.25, -0.2) is 0 Å². The molecule has 2 saturated heterocycles. The van der Waals surface area contributed by atoms with Crippen molar-refractivity contribution >= 4 is 0 Å². The van der Waals surface area contributed by atoms with Crippen LogP contribution >= 0.6 is 0 Å². The van der Waals surface area contributed by atoms with E-state index in [1.165, 1.54) is 12.8 Å². The van der Waals surface area contributed by atoms with Crippen LogP contribution in [0.2, 0.25) is 0 Å². The summed E-state index contributed by atoms with van der Waals surface area (Å²) in [6, 6.07) is 0.380. The van der Waals surface area contributed by atoms with E-state index >= 15 is 0 Å². The molecule has 0 saturated carbocycles. The second-order valence-electron chi connectivity index (χ2n) is 5.87. The maximum atomic E-state index is 6.02. The third-order valence-electron chi connectivity index (χ3n) is 4.14. The number of fused-ring (bicyclic) bond motifs is 1. The molecule has 0 spiro atoms. The van der Waals surface area contributed by atoms with Gasteiger partial charge in [-0.2, -0.15) is 4.98 Å². The molecule has 2 fully saturated rings. The summed E-state index contributed by atoms with van der Waals surface area (Å²) in [4.78, 5) is 6.88. The molecule has 3 rings (SSSR count). The summed E-state index contributed by atoms with van der Waals surface area (Å²) in [6.07, 6.45) is 2.42. The van der Waals surface area contributed by atoms with Crippen molar-refractivity contribution in [3.05, 3.63) is 11.7 Å². The fraction of sp³-hybridized carbons (Fsp3) is 0.846. The Balaban J connectivity index is 1.69. The van der Waals surface area contributed by atoms with Gasteiger partial charge in [-0.1, -0.05) is 19.0 Å². The average Bonchev–Trinajstić information content (AvgIpc) is 3.05. The molecule has 2 aliphatic rings. The first kappa shape index (κ1) is 13.0. The fourth-order valence-electron chi connectivity index (χ4n) is 2.77. The molecule has 3 heterocycles. The Kier molecular flexibility index (Phi) is 3.56. The second-order valence-corrected chi connectivity index (χ2v) is 5.87. The number of rotatable bonds is 3. The van der Waals surface area contributed by atoms with Gasteiger partial charge in [0.25, 0.3) is 0 Å². The van der Waals surface area contributed by atoms with Crippen LogP contribution in [0.1, 0.15) is 50.6 Å². The fourth-order valence-corrected chi connectivity index (χ4v) is 2.77. The van der Waals surface area contributed by atoms with Crippen LogP contribution in [-0.2, 0) is 4.74 Å². The van der Waals surface area contributed by atoms with Crippen molar-refractivity contribution < 1.29 is 9.26 Å². The maximum Gasteiger partial charge on any atom is 0.243 e. The van der Waals surface area contributed by atoms with Crippen LogP contribution in [0.3, 0.4) is 0 Å². The highest BCUT2D eigenvalue weighted by atomic mass is 16.5. The third kappa shape index (κ3) is 2.52. The normalized spacial score (nSPS) is 29.7. The number of morpholine rings is 1. The van der Waals surface area contributed by atoms with Gasteiger partial charge >= 0.3 is 0 Å². The summed E-state index contributed by atoms with van der Waals surface area (Å²) in [5, 5.41) is 4.04. The minimum Gasteiger partial charge on any atom is -0.367 e. The molecule has 1 aromatic heterocycles. The van der Waals surface area contributed by atoms with E-state index < -0.39 is 0 Å². The second kappa shape index (κ2) is 5.19. The lowest BCUT2D eigenvalue weighted by Crippen LogP contribution is -2.42. The molecule has 6 nitrogen and oxygen atoms in total. The van der Waals surface area contributed by atoms with Crippen LogP contribution in [0.5, 0.6) is 0 Å². The molecule has 2 aliphatic heterocycles. The van der Waals surface area contributed by atoms with E-state index in [1.807, 2.05) is 13.8 Å². The molecule has 106 valence electrons. The third-order valence-corrected chi connectivity index (χ3v) is 4.14. The lowest BCUT2D eigenvalue weighted by molar-refractivity contribution is -0.0548. The van der Waals surface area contributed by atoms with Gasteiger partial charge in [-0.3, -0.25) is 4.90 Å². The number of hydrogen-bond donors (Lipinski definition) is 1. The van der Waals surface area contributed by atoms with Crippen LogP contribution in [0, 0.1) is 5.92 Å². The summed E-state index contributed by atoms with van der Waals surface area (Å²) in [7, 11) is 0. The zero-order valence-corrected chi connectivity index (χ0v) is 11.6. The largest absolute Gasteiger partial charge is 0.367 e. The first-order chi connectivity index (χ1) is 9.15. The molecule has 19 heavy (non-hydrogen) atoms. The Hall–Kier alpha value is -0.980. The lowest BCUT2D eigenvalue weighted by atomic mass is 10.1. The van der Waals surface area contributed by atoms with Crippen molar-refractivity contribution in [3.63, 3.8) is 0 Å². The van der Waals surface area contributed by atoms with Gasteiger partial charge in [0.1, 0.15) is 6.10 Å². The van der Waals surface area contributed by atoms with E-state index in [-0.39, 0.29) is 18.1 Å². The molecular formula is C13H22N4O2. The number of nitrogens with two attached hydrogens (primary N) is 1. The van der Waals surface area contributed by atoms with Crippen LogP contribution in [-0.4, -0.2) is 40.8 Å². The van der Waals surface area contributed by atoms with Crippen molar-refractivity contribution in [1.29, 1.82) is 0 Å². The molecule has 0 aliphatic carbocycles. The van der Waals surface area contributed by atoms with E-state index in [0.29, 0.717) is 17.8 Å². The summed E-state index contributed by atoms with van der Waals surface area (Å²) in [5.74, 6) is 1.43. The van der Waals surface area contributed by atoms with E-state index in [1.54, 1.807) is 0 Å². The smallest absolute Gasteiger partial charge is 0.243 e. The van der Waals surface area contributed by atoms with E-state index in [0.717, 1.165) is 19.7 Å². The first-order valence-corrected chi connectivity index (χ1v) is 7.10. The zero-order chi connectivity index (χ0) is 13.4. The molecule has 2 N–H and O–H groups in total. The predicted octanol–water partition coefficient (Wildman–Crippen LogP) is 1.26. The molecule has 0 amide bonds. The van der Waals surface area contributed by atoms with Crippen molar-refractivity contribution in [2.45, 2.75) is 44.9 Å². The summed E-state index contributed by atoms with van der Waals surface area (Å²) >= 11 is 0. The summed E-state index contributed by atoms with van der Waals surface area (Å²) in [5.41, 5.74) is 6.02. The van der Waals surface area contributed by atoms with E-state index in [9.17, 15) is 0 Å². The molecule has 1 aromatic rings. The monoisotopic (exact) mass is 266 g/mol. The van der Waals surface area contributed by atoms with Crippen molar-refractivity contribution in [2.24, 2.45) is 11.7 Å². The number of hydrogen-bond acceptors (Lipinski definition) is 6. The molecule has 2 unspecified atom stereocenters. The van der Waals surface area contributed by atoms with E-state index in [4.69, 9.17) is 15.0 Å². The van der Waals surface area contributed by atoms with Crippen molar-refractivity contribution in [3.8, 4) is 0 Å². The maximum absolute atomic E-state index is 6.02. The number of ether oxygens (including phenoxy) is 1. The van der Waals surface area contributed by atoms with E-state index in [2.05, 4.69) is 15.0 Å². The van der Waals surface area contributed by atoms with Crippen LogP contribution in [0.4, 0.5) is 0 Å². The minimum absolute atomic E-state index is 0.0776. The quantitative estimate of drug-likeness (QED) is 0.887. The highest BCUT2D eigenvalue weighted by Gasteiger charge is 2.35. The summed E-state index contributed by atoms with van der Waals surface area (Å²) < 4.78 is 11.1. The van der Waals surface area contributed by atoms with Gasteiger partial charge in [-0.05, 0) is 25.3 Å². The standard InChI is InChI=1S/C13H22N4O2/c1-8(2)11(14)13-15-12(16-19-13)10-6-17-5-3-4-9(17)7-18-10/h8-11H,3-7,14H2,1-2H3/t9?,10?,11-/m0/s1. The lowest BCUT2D eigenvalue weighted by Gasteiger charge is -2.33. The Morgan fingerprint density at radius 2 is 2.26 bits per heavy atom. The molecule has 0 aromatic carbocycles. The zero-order valence-electron chi connectivity index (χ0n) is 11.6. The highest BCUT2D eigenvalue weighted by molar-refractivity contribution is 4.99. The predicted molar refractivity (Wildman–Crippen MR) is 69.4 cm³/mol. The van der Waals surface area contributed by atoms with Crippen molar-refractivity contribution in [1.82, 2.24) is 15.0 Å². The SMILES string of the molecule is CC(C)[C@H](N)c1nc(C2CN3CCCC3CO2)no1. The van der Waals surface area contributed by atoms with Gasteiger partial charge < -0.3 is 15.0 Å². The van der Waals surface area contributed by atoms with Crippen LogP contribution < -0.4 is 5.73 Å². The van der Waals surface area contributed by atoms with Crippen LogP contribution in [0.15, 0.2) is 4.52 Å². The number of nitrogens with zero attached hydrogens (tertiary/aromatic N) is 3. The molecular weight excluding hydrogens is 244 g/mol. The van der Waals surface area contributed by atoms with Gasteiger partial charge in [-0.15, -0.1) is 0 Å². The van der Waals surface area contributed by atoms with Gasteiger partial charge in [0.2, 0.25) is 11.7 Å². The van der Waals surface area contributed by atoms with Crippen LogP contribution in [0.25, 0.3) is 0 Å². The topological polar surface area (TPSA) is 77.4 Å². The molecule has 0 radical (unpaired) electrons. The average molecular weight is 266 g/mol. The Morgan fingerprint density at radius 3 is 3.05 bits per heavy atom. The van der Waals surface area contributed by atoms with Crippen molar-refractivity contribution in [2.75, 3.05) is 19.7 Å². The Morgan fingerprint density at radius 1 is 1.42 bits per heavy atom. The molecule has 3 atom stereocenters. The van der Waals surface area contributed by atoms with Gasteiger partial charge in [0, 0.05) is 12.6 Å². The minimum atomic E-state index is -0.204. The molecule has 6 heteroatoms.